The fourth-order valence-electron chi connectivity index (χ4n) is 2.12. The molecule has 3 N–H and O–H groups in total. The van der Waals surface area contributed by atoms with Gasteiger partial charge in [0, 0.05) is 11.6 Å². The van der Waals surface area contributed by atoms with Gasteiger partial charge in [0.25, 0.3) is 0 Å². The third-order valence-corrected chi connectivity index (χ3v) is 3.00. The van der Waals surface area contributed by atoms with Gasteiger partial charge in [0.15, 0.2) is 0 Å². The Hall–Kier alpha value is -1.51. The summed E-state index contributed by atoms with van der Waals surface area (Å²) >= 11 is 0. The van der Waals surface area contributed by atoms with Gasteiger partial charge in [0.1, 0.15) is 5.75 Å². The Bertz CT molecular complexity index is 539. The zero-order valence-corrected chi connectivity index (χ0v) is 11.0. The van der Waals surface area contributed by atoms with Gasteiger partial charge in [-0.2, -0.15) is 0 Å². The summed E-state index contributed by atoms with van der Waals surface area (Å²) in [5, 5.41) is 12.1. The largest absolute Gasteiger partial charge is 0.508 e. The van der Waals surface area contributed by atoms with Gasteiger partial charge in [0.2, 0.25) is 0 Å². The molecule has 0 heterocycles. The van der Waals surface area contributed by atoms with Crippen molar-refractivity contribution in [2.75, 3.05) is 0 Å². The van der Waals surface area contributed by atoms with Crippen LogP contribution in [0.2, 0.25) is 0 Å². The molecule has 0 saturated heterocycles. The van der Waals surface area contributed by atoms with E-state index in [1.165, 1.54) is 0 Å². The SMILES string of the molecule is C=CCC[C@@H](N)c1c(O)ccc2ccccc12.Cl. The molecule has 2 aromatic rings. The van der Waals surface area contributed by atoms with E-state index in [4.69, 9.17) is 5.73 Å². The summed E-state index contributed by atoms with van der Waals surface area (Å²) in [6.07, 6.45) is 3.50. The van der Waals surface area contributed by atoms with Gasteiger partial charge >= 0.3 is 0 Å². The number of phenolic OH excluding ortho intramolecular Hbond substituents is 1. The molecule has 0 bridgehead atoms. The topological polar surface area (TPSA) is 46.2 Å². The van der Waals surface area contributed by atoms with E-state index in [0.717, 1.165) is 29.2 Å². The van der Waals surface area contributed by atoms with Gasteiger partial charge in [-0.3, -0.25) is 0 Å². The Morgan fingerprint density at radius 1 is 1.22 bits per heavy atom. The van der Waals surface area contributed by atoms with Crippen molar-refractivity contribution in [3.63, 3.8) is 0 Å². The highest BCUT2D eigenvalue weighted by atomic mass is 35.5. The summed E-state index contributed by atoms with van der Waals surface area (Å²) in [6.45, 7) is 3.69. The summed E-state index contributed by atoms with van der Waals surface area (Å²) < 4.78 is 0. The number of allylic oxidation sites excluding steroid dienone is 1. The highest BCUT2D eigenvalue weighted by Crippen LogP contribution is 2.33. The number of halogens is 1. The van der Waals surface area contributed by atoms with E-state index in [1.54, 1.807) is 6.07 Å². The summed E-state index contributed by atoms with van der Waals surface area (Å²) in [4.78, 5) is 0. The van der Waals surface area contributed by atoms with Crippen LogP contribution in [-0.4, -0.2) is 5.11 Å². The molecule has 2 nitrogen and oxygen atoms in total. The third kappa shape index (κ3) is 2.84. The van der Waals surface area contributed by atoms with Crippen molar-refractivity contribution >= 4 is 23.2 Å². The molecule has 0 unspecified atom stereocenters. The predicted molar refractivity (Wildman–Crippen MR) is 79.2 cm³/mol. The number of phenols is 1. The first kappa shape index (κ1) is 14.6. The molecule has 0 radical (unpaired) electrons. The molecule has 96 valence electrons. The second-order valence-electron chi connectivity index (χ2n) is 4.19. The average molecular weight is 264 g/mol. The molecule has 0 saturated carbocycles. The van der Waals surface area contributed by atoms with Gasteiger partial charge in [-0.25, -0.2) is 0 Å². The van der Waals surface area contributed by atoms with Crippen molar-refractivity contribution in [3.05, 3.63) is 54.6 Å². The van der Waals surface area contributed by atoms with E-state index >= 15 is 0 Å². The van der Waals surface area contributed by atoms with Crippen LogP contribution in [0.3, 0.4) is 0 Å². The zero-order valence-electron chi connectivity index (χ0n) is 10.2. The quantitative estimate of drug-likeness (QED) is 0.821. The van der Waals surface area contributed by atoms with Crippen LogP contribution < -0.4 is 5.73 Å². The van der Waals surface area contributed by atoms with Crippen LogP contribution in [0.4, 0.5) is 0 Å². The van der Waals surface area contributed by atoms with Crippen molar-refractivity contribution in [2.24, 2.45) is 5.73 Å². The fourth-order valence-corrected chi connectivity index (χ4v) is 2.12. The average Bonchev–Trinajstić information content (AvgIpc) is 2.35. The third-order valence-electron chi connectivity index (χ3n) is 3.00. The lowest BCUT2D eigenvalue weighted by atomic mass is 9.95. The zero-order chi connectivity index (χ0) is 12.3. The second kappa shape index (κ2) is 6.43. The van der Waals surface area contributed by atoms with Crippen LogP contribution in [0, 0.1) is 0 Å². The van der Waals surface area contributed by atoms with E-state index in [9.17, 15) is 5.11 Å². The predicted octanol–water partition coefficient (Wildman–Crippen LogP) is 3.93. The molecule has 0 aliphatic carbocycles. The molecule has 3 heteroatoms. The van der Waals surface area contributed by atoms with Crippen LogP contribution in [0.5, 0.6) is 5.75 Å². The van der Waals surface area contributed by atoms with Gasteiger partial charge in [-0.1, -0.05) is 36.4 Å². The van der Waals surface area contributed by atoms with E-state index < -0.39 is 0 Å². The van der Waals surface area contributed by atoms with Gasteiger partial charge in [0.05, 0.1) is 0 Å². The minimum atomic E-state index is -0.154. The number of benzene rings is 2. The molecule has 0 spiro atoms. The first-order valence-corrected chi connectivity index (χ1v) is 5.81. The Morgan fingerprint density at radius 2 is 1.94 bits per heavy atom. The molecule has 0 aliphatic rings. The fraction of sp³-hybridized carbons (Fsp3) is 0.200. The van der Waals surface area contributed by atoms with E-state index in [-0.39, 0.29) is 24.2 Å². The molecular weight excluding hydrogens is 246 g/mol. The highest BCUT2D eigenvalue weighted by Gasteiger charge is 2.13. The minimum absolute atomic E-state index is 0. The van der Waals surface area contributed by atoms with Gasteiger partial charge in [-0.05, 0) is 29.7 Å². The Balaban J connectivity index is 0.00000162. The number of aromatic hydroxyl groups is 1. The number of hydrogen-bond acceptors (Lipinski definition) is 2. The molecule has 18 heavy (non-hydrogen) atoms. The van der Waals surface area contributed by atoms with Crippen LogP contribution in [0.25, 0.3) is 10.8 Å². The summed E-state index contributed by atoms with van der Waals surface area (Å²) in [5.41, 5.74) is 6.98. The minimum Gasteiger partial charge on any atom is -0.508 e. The Labute approximate surface area is 114 Å². The van der Waals surface area contributed by atoms with Crippen molar-refractivity contribution in [3.8, 4) is 5.75 Å². The lowest BCUT2D eigenvalue weighted by Gasteiger charge is -2.15. The Morgan fingerprint density at radius 3 is 2.67 bits per heavy atom. The normalized spacial score (nSPS) is 11.8. The molecule has 0 amide bonds. The summed E-state index contributed by atoms with van der Waals surface area (Å²) in [7, 11) is 0. The first-order chi connectivity index (χ1) is 8.24. The van der Waals surface area contributed by atoms with E-state index in [0.29, 0.717) is 0 Å². The number of fused-ring (bicyclic) bond motifs is 1. The van der Waals surface area contributed by atoms with Crippen LogP contribution in [-0.2, 0) is 0 Å². The molecule has 1 atom stereocenters. The standard InChI is InChI=1S/C15H17NO.ClH/c1-2-3-8-13(16)15-12-7-5-4-6-11(12)9-10-14(15)17;/h2,4-7,9-10,13,17H,1,3,8,16H2;1H/t13-;/m1./s1. The lowest BCUT2D eigenvalue weighted by Crippen LogP contribution is -2.10. The smallest absolute Gasteiger partial charge is 0.120 e. The maximum absolute atomic E-state index is 9.97. The van der Waals surface area contributed by atoms with Crippen LogP contribution >= 0.6 is 12.4 Å². The maximum atomic E-state index is 9.97. The van der Waals surface area contributed by atoms with Gasteiger partial charge < -0.3 is 10.8 Å². The van der Waals surface area contributed by atoms with Crippen molar-refractivity contribution in [1.82, 2.24) is 0 Å². The highest BCUT2D eigenvalue weighted by molar-refractivity contribution is 5.88. The number of rotatable bonds is 4. The number of hydrogen-bond donors (Lipinski definition) is 2. The van der Waals surface area contributed by atoms with Crippen molar-refractivity contribution in [2.45, 2.75) is 18.9 Å². The molecule has 0 fully saturated rings. The second-order valence-corrected chi connectivity index (χ2v) is 4.19. The van der Waals surface area contributed by atoms with Crippen molar-refractivity contribution in [1.29, 1.82) is 0 Å². The molecule has 2 rings (SSSR count). The lowest BCUT2D eigenvalue weighted by molar-refractivity contribution is 0.460. The first-order valence-electron chi connectivity index (χ1n) is 5.81. The Kier molecular flexibility index (Phi) is 5.20. The summed E-state index contributed by atoms with van der Waals surface area (Å²) in [5.74, 6) is 0.278. The van der Waals surface area contributed by atoms with E-state index in [1.807, 2.05) is 36.4 Å². The van der Waals surface area contributed by atoms with E-state index in [2.05, 4.69) is 6.58 Å². The maximum Gasteiger partial charge on any atom is 0.120 e. The number of nitrogens with two attached hydrogens (primary N) is 1. The molecule has 0 aromatic heterocycles. The molecular formula is C15H18ClNO. The molecule has 0 aliphatic heterocycles. The van der Waals surface area contributed by atoms with Crippen LogP contribution in [0.15, 0.2) is 49.1 Å². The monoisotopic (exact) mass is 263 g/mol. The van der Waals surface area contributed by atoms with Gasteiger partial charge in [-0.15, -0.1) is 19.0 Å². The molecule has 2 aromatic carbocycles. The summed E-state index contributed by atoms with van der Waals surface area (Å²) in [6, 6.07) is 11.4. The van der Waals surface area contributed by atoms with Crippen molar-refractivity contribution < 1.29 is 5.11 Å². The van der Waals surface area contributed by atoms with Crippen LogP contribution in [0.1, 0.15) is 24.4 Å².